The van der Waals surface area contributed by atoms with Gasteiger partial charge in [-0.3, -0.25) is 4.79 Å². The monoisotopic (exact) mass is 389 g/mol. The zero-order valence-electron chi connectivity index (χ0n) is 14.2. The Balaban J connectivity index is 1.94. The molecule has 0 saturated carbocycles. The largest absolute Gasteiger partial charge is 0.467 e. The van der Waals surface area contributed by atoms with E-state index in [9.17, 15) is 27.5 Å². The average molecular weight is 389 g/mol. The number of amides is 1. The van der Waals surface area contributed by atoms with Crippen molar-refractivity contribution >= 4 is 5.91 Å². The molecule has 3 heterocycles. The van der Waals surface area contributed by atoms with Gasteiger partial charge < -0.3 is 14.7 Å². The van der Waals surface area contributed by atoms with E-state index in [0.717, 1.165) is 11.1 Å². The highest BCUT2D eigenvalue weighted by atomic mass is 19.4. The number of aliphatic hydroxyl groups is 1. The molecule has 0 radical (unpaired) electrons. The van der Waals surface area contributed by atoms with Crippen LogP contribution < -0.4 is 4.74 Å². The Morgan fingerprint density at radius 3 is 2.74 bits per heavy atom. The van der Waals surface area contributed by atoms with Gasteiger partial charge in [0, 0.05) is 24.6 Å². The lowest BCUT2D eigenvalue weighted by molar-refractivity contribution is -0.211. The molecular formula is C15H15F4N5O3. The summed E-state index contributed by atoms with van der Waals surface area (Å²) in [5.74, 6) is -2.87. The number of methoxy groups -OCH3 is 1. The molecule has 12 heteroatoms. The number of aromatic nitrogens is 4. The fourth-order valence-electron chi connectivity index (χ4n) is 2.97. The lowest BCUT2D eigenvalue weighted by Crippen LogP contribution is -2.48. The van der Waals surface area contributed by atoms with Gasteiger partial charge in [-0.25, -0.2) is 14.1 Å². The second kappa shape index (κ2) is 6.76. The summed E-state index contributed by atoms with van der Waals surface area (Å²) >= 11 is 0. The molecule has 2 atom stereocenters. The summed E-state index contributed by atoms with van der Waals surface area (Å²) in [5, 5.41) is 13.3. The van der Waals surface area contributed by atoms with E-state index in [1.165, 1.54) is 18.0 Å². The van der Waals surface area contributed by atoms with Crippen LogP contribution in [0, 0.1) is 5.82 Å². The number of rotatable bonds is 3. The van der Waals surface area contributed by atoms with Gasteiger partial charge in [0.15, 0.2) is 11.6 Å². The normalized spacial score (nSPS) is 18.2. The molecule has 2 aromatic rings. The van der Waals surface area contributed by atoms with E-state index in [0.29, 0.717) is 11.3 Å². The van der Waals surface area contributed by atoms with Gasteiger partial charge in [0.25, 0.3) is 5.91 Å². The molecule has 2 aromatic heterocycles. The van der Waals surface area contributed by atoms with E-state index < -0.39 is 29.9 Å². The van der Waals surface area contributed by atoms with Crippen LogP contribution >= 0.6 is 0 Å². The Bertz CT molecular complexity index is 870. The minimum absolute atomic E-state index is 0.0794. The van der Waals surface area contributed by atoms with Crippen molar-refractivity contribution in [2.24, 2.45) is 0 Å². The zero-order chi connectivity index (χ0) is 19.9. The number of nitrogens with zero attached hydrogens (tertiary/aromatic N) is 5. The van der Waals surface area contributed by atoms with E-state index in [1.54, 1.807) is 6.92 Å². The smallest absolute Gasteiger partial charge is 0.423 e. The van der Waals surface area contributed by atoms with Crippen molar-refractivity contribution in [1.29, 1.82) is 0 Å². The Kier molecular flexibility index (Phi) is 4.76. The third-order valence-electron chi connectivity index (χ3n) is 4.15. The summed E-state index contributed by atoms with van der Waals surface area (Å²) in [6.07, 6.45) is -5.91. The Hall–Kier alpha value is -2.76. The minimum atomic E-state index is -5.05. The number of carbonyl (C=O) groups excluding carboxylic acids is 1. The van der Waals surface area contributed by atoms with Crippen LogP contribution in [0.15, 0.2) is 12.4 Å². The lowest BCUT2D eigenvalue weighted by atomic mass is 9.97. The number of ether oxygens (including phenoxy) is 1. The van der Waals surface area contributed by atoms with Crippen molar-refractivity contribution in [2.45, 2.75) is 31.7 Å². The number of carbonyl (C=O) groups is 1. The third-order valence-corrected chi connectivity index (χ3v) is 4.15. The molecule has 3 rings (SSSR count). The molecule has 1 aliphatic rings. The first kappa shape index (κ1) is 19.0. The zero-order valence-corrected chi connectivity index (χ0v) is 14.2. The molecule has 146 valence electrons. The highest BCUT2D eigenvalue weighted by Gasteiger charge is 2.46. The van der Waals surface area contributed by atoms with Crippen LogP contribution in [0.2, 0.25) is 0 Å². The summed E-state index contributed by atoms with van der Waals surface area (Å²) in [6, 6.07) is -0.0794. The highest BCUT2D eigenvalue weighted by molar-refractivity contribution is 5.81. The standard InChI is InChI=1S/C15H15F4N5O3/c1-7-5-23(13(26)11(25)15(17,18)19)6-8-3-21-24(10(7)8)12-9(16)4-20-14(22-12)27-2/h3-4,7,11,25H,5-6H2,1-2H3/t7-,11?/m1/s1. The van der Waals surface area contributed by atoms with Crippen LogP contribution in [0.1, 0.15) is 24.1 Å². The summed E-state index contributed by atoms with van der Waals surface area (Å²) < 4.78 is 58.0. The molecule has 1 amide bonds. The van der Waals surface area contributed by atoms with Gasteiger partial charge in [-0.2, -0.15) is 23.3 Å². The molecule has 0 spiro atoms. The van der Waals surface area contributed by atoms with E-state index in [-0.39, 0.29) is 24.9 Å². The molecule has 27 heavy (non-hydrogen) atoms. The number of fused-ring (bicyclic) bond motifs is 1. The quantitative estimate of drug-likeness (QED) is 0.793. The van der Waals surface area contributed by atoms with Crippen LogP contribution in [0.25, 0.3) is 5.82 Å². The second-order valence-electron chi connectivity index (χ2n) is 6.06. The van der Waals surface area contributed by atoms with Gasteiger partial charge in [-0.15, -0.1) is 0 Å². The first-order chi connectivity index (χ1) is 12.6. The van der Waals surface area contributed by atoms with E-state index in [4.69, 9.17) is 4.74 Å². The van der Waals surface area contributed by atoms with E-state index in [2.05, 4.69) is 15.1 Å². The van der Waals surface area contributed by atoms with Crippen molar-refractivity contribution in [3.8, 4) is 11.8 Å². The number of hydrogen-bond donors (Lipinski definition) is 1. The summed E-state index contributed by atoms with van der Waals surface area (Å²) in [7, 11) is 1.31. The molecule has 0 fully saturated rings. The number of halogens is 4. The summed E-state index contributed by atoms with van der Waals surface area (Å²) in [5.41, 5.74) is 0.925. The molecular weight excluding hydrogens is 374 g/mol. The van der Waals surface area contributed by atoms with E-state index >= 15 is 0 Å². The average Bonchev–Trinajstić information content (AvgIpc) is 3.04. The van der Waals surface area contributed by atoms with Gasteiger partial charge in [0.05, 0.1) is 25.2 Å². The van der Waals surface area contributed by atoms with Gasteiger partial charge >= 0.3 is 12.2 Å². The van der Waals surface area contributed by atoms with Gasteiger partial charge in [0.2, 0.25) is 6.10 Å². The number of hydrogen-bond acceptors (Lipinski definition) is 6. The van der Waals surface area contributed by atoms with Crippen molar-refractivity contribution in [3.63, 3.8) is 0 Å². The van der Waals surface area contributed by atoms with E-state index in [1.807, 2.05) is 0 Å². The maximum atomic E-state index is 14.1. The Morgan fingerprint density at radius 1 is 1.41 bits per heavy atom. The molecule has 0 bridgehead atoms. The van der Waals surface area contributed by atoms with Crippen molar-refractivity contribution in [1.82, 2.24) is 24.6 Å². The van der Waals surface area contributed by atoms with Crippen LogP contribution in [-0.4, -0.2) is 61.6 Å². The fraction of sp³-hybridized carbons (Fsp3) is 0.467. The molecule has 1 N–H and O–H groups in total. The number of aliphatic hydroxyl groups excluding tert-OH is 1. The van der Waals surface area contributed by atoms with Crippen LogP contribution in [-0.2, 0) is 11.3 Å². The molecule has 1 unspecified atom stereocenters. The third kappa shape index (κ3) is 3.44. The van der Waals surface area contributed by atoms with Crippen molar-refractivity contribution in [3.05, 3.63) is 29.5 Å². The maximum absolute atomic E-state index is 14.1. The first-order valence-electron chi connectivity index (χ1n) is 7.80. The topological polar surface area (TPSA) is 93.4 Å². The van der Waals surface area contributed by atoms with Crippen molar-refractivity contribution < 1.29 is 32.2 Å². The highest BCUT2D eigenvalue weighted by Crippen LogP contribution is 2.32. The second-order valence-corrected chi connectivity index (χ2v) is 6.06. The number of alkyl halides is 3. The Labute approximate surface area is 150 Å². The lowest BCUT2D eigenvalue weighted by Gasteiger charge is -2.33. The van der Waals surface area contributed by atoms with Crippen LogP contribution in [0.3, 0.4) is 0 Å². The molecule has 0 aliphatic carbocycles. The van der Waals surface area contributed by atoms with Gasteiger partial charge in [-0.1, -0.05) is 6.92 Å². The Morgan fingerprint density at radius 2 is 2.11 bits per heavy atom. The first-order valence-corrected chi connectivity index (χ1v) is 7.80. The fourth-order valence-corrected chi connectivity index (χ4v) is 2.97. The van der Waals surface area contributed by atoms with Crippen LogP contribution in [0.5, 0.6) is 6.01 Å². The summed E-state index contributed by atoms with van der Waals surface area (Å²) in [6.45, 7) is 1.34. The molecule has 0 aromatic carbocycles. The predicted molar refractivity (Wildman–Crippen MR) is 81.6 cm³/mol. The van der Waals surface area contributed by atoms with Gasteiger partial charge in [-0.05, 0) is 0 Å². The molecule has 0 saturated heterocycles. The SMILES string of the molecule is COc1ncc(F)c(-n2ncc3c2[C@H](C)CN(C(=O)C(O)C(F)(F)F)C3)n1. The summed E-state index contributed by atoms with van der Waals surface area (Å²) in [4.78, 5) is 20.4. The minimum Gasteiger partial charge on any atom is -0.467 e. The molecule has 1 aliphatic heterocycles. The molecule has 8 nitrogen and oxygen atoms in total. The maximum Gasteiger partial charge on any atom is 0.423 e. The predicted octanol–water partition coefficient (Wildman–Crippen LogP) is 1.18. The van der Waals surface area contributed by atoms with Gasteiger partial charge in [0.1, 0.15) is 0 Å². The van der Waals surface area contributed by atoms with Crippen molar-refractivity contribution in [2.75, 3.05) is 13.7 Å². The van der Waals surface area contributed by atoms with Crippen LogP contribution in [0.4, 0.5) is 17.6 Å².